The summed E-state index contributed by atoms with van der Waals surface area (Å²) in [5, 5.41) is 2.93. The number of nitrogens with zero attached hydrogens (tertiary/aromatic N) is 1. The van der Waals surface area contributed by atoms with Gasteiger partial charge in [0.1, 0.15) is 0 Å². The van der Waals surface area contributed by atoms with Crippen molar-refractivity contribution in [2.24, 2.45) is 11.7 Å². The summed E-state index contributed by atoms with van der Waals surface area (Å²) < 4.78 is 0. The van der Waals surface area contributed by atoms with E-state index in [0.717, 1.165) is 13.1 Å². The molecule has 1 aliphatic rings. The fourth-order valence-corrected chi connectivity index (χ4v) is 2.12. The molecule has 4 nitrogen and oxygen atoms in total. The lowest BCUT2D eigenvalue weighted by atomic mass is 10.1. The van der Waals surface area contributed by atoms with Gasteiger partial charge in [-0.25, -0.2) is 0 Å². The molecule has 0 bridgehead atoms. The Labute approximate surface area is 117 Å². The summed E-state index contributed by atoms with van der Waals surface area (Å²) in [6, 6.07) is -0.376. The van der Waals surface area contributed by atoms with Gasteiger partial charge >= 0.3 is 0 Å². The van der Waals surface area contributed by atoms with Gasteiger partial charge in [-0.05, 0) is 31.8 Å². The summed E-state index contributed by atoms with van der Waals surface area (Å²) >= 11 is 0. The summed E-state index contributed by atoms with van der Waals surface area (Å²) in [6.07, 6.45) is 5.28. The molecule has 1 amide bonds. The fraction of sp³-hybridized carbons (Fsp3) is 0.923. The third-order valence-electron chi connectivity index (χ3n) is 3.45. The van der Waals surface area contributed by atoms with Crippen molar-refractivity contribution < 1.29 is 4.79 Å². The molecule has 18 heavy (non-hydrogen) atoms. The Bertz CT molecular complexity index is 228. The number of hydrogen-bond donors (Lipinski definition) is 2. The Balaban J connectivity index is 0.00000289. The van der Waals surface area contributed by atoms with E-state index in [0.29, 0.717) is 0 Å². The molecule has 1 heterocycles. The molecule has 3 N–H and O–H groups in total. The van der Waals surface area contributed by atoms with Crippen LogP contribution < -0.4 is 11.1 Å². The summed E-state index contributed by atoms with van der Waals surface area (Å²) in [5.41, 5.74) is 5.78. The van der Waals surface area contributed by atoms with Crippen molar-refractivity contribution in [3.63, 3.8) is 0 Å². The smallest absolute Gasteiger partial charge is 0.237 e. The zero-order valence-corrected chi connectivity index (χ0v) is 12.5. The number of nitrogens with one attached hydrogen (secondary N) is 1. The van der Waals surface area contributed by atoms with Gasteiger partial charge in [-0.3, -0.25) is 4.79 Å². The standard InChI is InChI=1S/C13H27N3O.ClH/c1-11(2)12(14)13(17)15-7-10-16-8-5-3-4-6-9-16;/h11-12H,3-10,14H2,1-2H3,(H,15,17);1H/t12-;/m0./s1. The molecule has 1 atom stereocenters. The molecule has 5 heteroatoms. The zero-order chi connectivity index (χ0) is 12.7. The third kappa shape index (κ3) is 6.57. The van der Waals surface area contributed by atoms with E-state index < -0.39 is 0 Å². The van der Waals surface area contributed by atoms with Crippen LogP contribution >= 0.6 is 12.4 Å². The van der Waals surface area contributed by atoms with Crippen molar-refractivity contribution in [2.75, 3.05) is 26.2 Å². The van der Waals surface area contributed by atoms with E-state index in [1.165, 1.54) is 38.8 Å². The predicted molar refractivity (Wildman–Crippen MR) is 78.0 cm³/mol. The quantitative estimate of drug-likeness (QED) is 0.798. The summed E-state index contributed by atoms with van der Waals surface area (Å²) in [7, 11) is 0. The SMILES string of the molecule is CC(C)[C@H](N)C(=O)NCCN1CCCCCC1.Cl. The van der Waals surface area contributed by atoms with Gasteiger partial charge in [0.2, 0.25) is 5.91 Å². The second-order valence-corrected chi connectivity index (χ2v) is 5.32. The van der Waals surface area contributed by atoms with Crippen LogP contribution in [-0.2, 0) is 4.79 Å². The van der Waals surface area contributed by atoms with Gasteiger partial charge in [0.05, 0.1) is 6.04 Å². The average Bonchev–Trinajstić information content (AvgIpc) is 2.56. The Morgan fingerprint density at radius 3 is 2.28 bits per heavy atom. The van der Waals surface area contributed by atoms with Crippen LogP contribution in [0.4, 0.5) is 0 Å². The minimum Gasteiger partial charge on any atom is -0.353 e. The van der Waals surface area contributed by atoms with E-state index in [4.69, 9.17) is 5.73 Å². The first-order chi connectivity index (χ1) is 8.11. The minimum atomic E-state index is -0.376. The van der Waals surface area contributed by atoms with E-state index in [1.807, 2.05) is 13.8 Å². The molecule has 0 aromatic carbocycles. The van der Waals surface area contributed by atoms with Crippen LogP contribution in [0.5, 0.6) is 0 Å². The molecule has 108 valence electrons. The second kappa shape index (κ2) is 9.59. The van der Waals surface area contributed by atoms with Gasteiger partial charge < -0.3 is 16.0 Å². The molecular formula is C13H28ClN3O. The Morgan fingerprint density at radius 1 is 1.22 bits per heavy atom. The molecular weight excluding hydrogens is 250 g/mol. The number of carbonyl (C=O) groups excluding carboxylic acids is 1. The van der Waals surface area contributed by atoms with E-state index in [2.05, 4.69) is 10.2 Å². The highest BCUT2D eigenvalue weighted by Crippen LogP contribution is 2.08. The average molecular weight is 278 g/mol. The van der Waals surface area contributed by atoms with E-state index in [9.17, 15) is 4.79 Å². The monoisotopic (exact) mass is 277 g/mol. The van der Waals surface area contributed by atoms with Crippen LogP contribution in [0.2, 0.25) is 0 Å². The Hall–Kier alpha value is -0.320. The maximum atomic E-state index is 11.6. The largest absolute Gasteiger partial charge is 0.353 e. The highest BCUT2D eigenvalue weighted by Gasteiger charge is 2.16. The van der Waals surface area contributed by atoms with Crippen molar-refractivity contribution in [3.05, 3.63) is 0 Å². The Kier molecular flexibility index (Phi) is 9.42. The van der Waals surface area contributed by atoms with Crippen LogP contribution in [0.3, 0.4) is 0 Å². The van der Waals surface area contributed by atoms with Gasteiger partial charge in [0.15, 0.2) is 0 Å². The lowest BCUT2D eigenvalue weighted by Gasteiger charge is -2.21. The fourth-order valence-electron chi connectivity index (χ4n) is 2.12. The first-order valence-corrected chi connectivity index (χ1v) is 6.87. The summed E-state index contributed by atoms with van der Waals surface area (Å²) in [5.74, 6) is 0.183. The van der Waals surface area contributed by atoms with Gasteiger partial charge in [0.25, 0.3) is 0 Å². The lowest BCUT2D eigenvalue weighted by molar-refractivity contribution is -0.123. The van der Waals surface area contributed by atoms with E-state index in [-0.39, 0.29) is 30.3 Å². The number of halogens is 1. The topological polar surface area (TPSA) is 58.4 Å². The molecule has 1 rings (SSSR count). The molecule has 0 spiro atoms. The van der Waals surface area contributed by atoms with Crippen LogP contribution in [-0.4, -0.2) is 43.0 Å². The maximum absolute atomic E-state index is 11.6. The van der Waals surface area contributed by atoms with Gasteiger partial charge in [-0.2, -0.15) is 0 Å². The van der Waals surface area contributed by atoms with Crippen molar-refractivity contribution in [2.45, 2.75) is 45.6 Å². The number of hydrogen-bond acceptors (Lipinski definition) is 3. The number of likely N-dealkylation sites (tertiary alicyclic amines) is 1. The van der Waals surface area contributed by atoms with Crippen LogP contribution in [0.15, 0.2) is 0 Å². The maximum Gasteiger partial charge on any atom is 0.237 e. The molecule has 0 aromatic rings. The van der Waals surface area contributed by atoms with Crippen molar-refractivity contribution in [1.29, 1.82) is 0 Å². The molecule has 1 saturated heterocycles. The number of carbonyl (C=O) groups is 1. The number of amides is 1. The molecule has 0 radical (unpaired) electrons. The van der Waals surface area contributed by atoms with Crippen LogP contribution in [0.25, 0.3) is 0 Å². The number of rotatable bonds is 5. The predicted octanol–water partition coefficient (Wildman–Crippen LogP) is 1.38. The molecule has 1 aliphatic heterocycles. The first-order valence-electron chi connectivity index (χ1n) is 6.87. The molecule has 0 aromatic heterocycles. The second-order valence-electron chi connectivity index (χ2n) is 5.32. The van der Waals surface area contributed by atoms with E-state index >= 15 is 0 Å². The minimum absolute atomic E-state index is 0. The third-order valence-corrected chi connectivity index (χ3v) is 3.45. The lowest BCUT2D eigenvalue weighted by Crippen LogP contribution is -2.46. The summed E-state index contributed by atoms with van der Waals surface area (Å²) in [4.78, 5) is 14.1. The molecule has 0 unspecified atom stereocenters. The zero-order valence-electron chi connectivity index (χ0n) is 11.7. The van der Waals surface area contributed by atoms with Gasteiger partial charge in [0, 0.05) is 13.1 Å². The van der Waals surface area contributed by atoms with Gasteiger partial charge in [-0.15, -0.1) is 12.4 Å². The highest BCUT2D eigenvalue weighted by atomic mass is 35.5. The Morgan fingerprint density at radius 2 is 1.78 bits per heavy atom. The normalized spacial score (nSPS) is 18.9. The van der Waals surface area contributed by atoms with Crippen LogP contribution in [0.1, 0.15) is 39.5 Å². The van der Waals surface area contributed by atoms with Crippen LogP contribution in [0, 0.1) is 5.92 Å². The summed E-state index contributed by atoms with van der Waals surface area (Å²) in [6.45, 7) is 7.96. The number of nitrogens with two attached hydrogens (primary N) is 1. The van der Waals surface area contributed by atoms with E-state index in [1.54, 1.807) is 0 Å². The van der Waals surface area contributed by atoms with Crippen molar-refractivity contribution in [3.8, 4) is 0 Å². The first kappa shape index (κ1) is 17.7. The molecule has 0 saturated carbocycles. The van der Waals surface area contributed by atoms with Crippen molar-refractivity contribution >= 4 is 18.3 Å². The highest BCUT2D eigenvalue weighted by molar-refractivity contribution is 5.85. The van der Waals surface area contributed by atoms with Gasteiger partial charge in [-0.1, -0.05) is 26.7 Å². The molecule has 0 aliphatic carbocycles. The molecule has 1 fully saturated rings. The van der Waals surface area contributed by atoms with Crippen molar-refractivity contribution in [1.82, 2.24) is 10.2 Å².